The van der Waals surface area contributed by atoms with Gasteiger partial charge in [-0.05, 0) is 23.6 Å². The minimum atomic E-state index is -0.00148. The summed E-state index contributed by atoms with van der Waals surface area (Å²) in [6, 6.07) is 3.88. The fourth-order valence-corrected chi connectivity index (χ4v) is 1.11. The Balaban J connectivity index is 2.78. The number of hydrogen-bond acceptors (Lipinski definition) is 2. The molecular weight excluding hydrogens is 176 g/mol. The Hall–Kier alpha value is -1.38. The smallest absolute Gasteiger partial charge is 0.225 e. The number of amides is 1. The molecule has 1 heterocycles. The minimum Gasteiger partial charge on any atom is -0.311 e. The van der Waals surface area contributed by atoms with Crippen molar-refractivity contribution in [2.24, 2.45) is 0 Å². The summed E-state index contributed by atoms with van der Waals surface area (Å²) in [5.41, 5.74) is 1.19. The summed E-state index contributed by atoms with van der Waals surface area (Å²) in [5, 5.41) is 2.74. The van der Waals surface area contributed by atoms with Gasteiger partial charge < -0.3 is 5.32 Å². The van der Waals surface area contributed by atoms with Crippen molar-refractivity contribution in [2.45, 2.75) is 33.1 Å². The van der Waals surface area contributed by atoms with E-state index in [9.17, 15) is 4.79 Å². The maximum atomic E-state index is 11.1. The first kappa shape index (κ1) is 10.7. The summed E-state index contributed by atoms with van der Waals surface area (Å²) in [6.07, 6.45) is 2.20. The van der Waals surface area contributed by atoms with Gasteiger partial charge in [0.1, 0.15) is 5.82 Å². The summed E-state index contributed by atoms with van der Waals surface area (Å²) < 4.78 is 0. The first-order chi connectivity index (χ1) is 6.63. The third-order valence-corrected chi connectivity index (χ3v) is 2.04. The van der Waals surface area contributed by atoms with Gasteiger partial charge in [0.25, 0.3) is 0 Å². The van der Waals surface area contributed by atoms with E-state index in [2.05, 4.69) is 24.1 Å². The van der Waals surface area contributed by atoms with Crippen LogP contribution < -0.4 is 5.32 Å². The molecule has 1 N–H and O–H groups in total. The lowest BCUT2D eigenvalue weighted by molar-refractivity contribution is -0.115. The van der Waals surface area contributed by atoms with E-state index in [1.165, 1.54) is 5.56 Å². The largest absolute Gasteiger partial charge is 0.311 e. The fraction of sp³-hybridized carbons (Fsp3) is 0.455. The highest BCUT2D eigenvalue weighted by atomic mass is 16.1. The van der Waals surface area contributed by atoms with Crippen LogP contribution in [-0.4, -0.2) is 10.9 Å². The number of rotatable bonds is 3. The van der Waals surface area contributed by atoms with Crippen LogP contribution in [0.4, 0.5) is 5.82 Å². The molecule has 0 unspecified atom stereocenters. The number of aromatic nitrogens is 1. The predicted octanol–water partition coefficient (Wildman–Crippen LogP) is 2.55. The van der Waals surface area contributed by atoms with Crippen LogP contribution in [0.15, 0.2) is 18.3 Å². The third-order valence-electron chi connectivity index (χ3n) is 2.04. The van der Waals surface area contributed by atoms with Crippen molar-refractivity contribution in [3.63, 3.8) is 0 Å². The van der Waals surface area contributed by atoms with E-state index in [0.29, 0.717) is 18.2 Å². The molecule has 1 aromatic rings. The molecule has 0 aliphatic rings. The normalized spacial score (nSPS) is 10.3. The lowest BCUT2D eigenvalue weighted by atomic mass is 10.1. The lowest BCUT2D eigenvalue weighted by Crippen LogP contribution is -2.10. The van der Waals surface area contributed by atoms with Gasteiger partial charge in [-0.3, -0.25) is 4.79 Å². The first-order valence-electron chi connectivity index (χ1n) is 4.89. The molecule has 0 aliphatic carbocycles. The monoisotopic (exact) mass is 192 g/mol. The zero-order valence-corrected chi connectivity index (χ0v) is 8.87. The molecule has 1 aromatic heterocycles. The molecule has 1 rings (SSSR count). The van der Waals surface area contributed by atoms with Gasteiger partial charge in [0, 0.05) is 12.6 Å². The van der Waals surface area contributed by atoms with Crippen molar-refractivity contribution < 1.29 is 4.79 Å². The number of carbonyl (C=O) groups excluding carboxylic acids is 1. The zero-order valence-electron chi connectivity index (χ0n) is 8.87. The van der Waals surface area contributed by atoms with Crippen LogP contribution in [0, 0.1) is 0 Å². The highest BCUT2D eigenvalue weighted by Gasteiger charge is 2.03. The zero-order chi connectivity index (χ0) is 10.6. The molecule has 0 radical (unpaired) electrons. The van der Waals surface area contributed by atoms with Crippen LogP contribution >= 0.6 is 0 Å². The number of nitrogens with one attached hydrogen (secondary N) is 1. The molecule has 14 heavy (non-hydrogen) atoms. The van der Waals surface area contributed by atoms with Crippen molar-refractivity contribution >= 4 is 11.7 Å². The van der Waals surface area contributed by atoms with Gasteiger partial charge in [0.15, 0.2) is 0 Å². The summed E-state index contributed by atoms with van der Waals surface area (Å²) >= 11 is 0. The number of carbonyl (C=O) groups is 1. The third kappa shape index (κ3) is 2.83. The quantitative estimate of drug-likeness (QED) is 0.799. The molecular formula is C11H16N2O. The molecule has 0 atom stereocenters. The van der Waals surface area contributed by atoms with Crippen molar-refractivity contribution in [1.82, 2.24) is 4.98 Å². The lowest BCUT2D eigenvalue weighted by Gasteiger charge is -2.07. The summed E-state index contributed by atoms with van der Waals surface area (Å²) in [6.45, 7) is 6.04. The highest BCUT2D eigenvalue weighted by Crippen LogP contribution is 2.16. The Morgan fingerprint density at radius 3 is 2.86 bits per heavy atom. The second kappa shape index (κ2) is 4.74. The summed E-state index contributed by atoms with van der Waals surface area (Å²) in [5.74, 6) is 1.09. The van der Waals surface area contributed by atoms with Gasteiger partial charge in [-0.15, -0.1) is 0 Å². The second-order valence-corrected chi connectivity index (χ2v) is 3.53. The van der Waals surface area contributed by atoms with E-state index in [0.717, 1.165) is 0 Å². The molecule has 3 heteroatoms. The average molecular weight is 192 g/mol. The molecule has 0 saturated carbocycles. The predicted molar refractivity (Wildman–Crippen MR) is 57.2 cm³/mol. The van der Waals surface area contributed by atoms with Crippen LogP contribution in [0.1, 0.15) is 38.7 Å². The minimum absolute atomic E-state index is 0.00148. The first-order valence-corrected chi connectivity index (χ1v) is 4.89. The second-order valence-electron chi connectivity index (χ2n) is 3.53. The van der Waals surface area contributed by atoms with E-state index >= 15 is 0 Å². The van der Waals surface area contributed by atoms with Crippen LogP contribution in [-0.2, 0) is 4.79 Å². The van der Waals surface area contributed by atoms with Gasteiger partial charge in [-0.2, -0.15) is 0 Å². The molecule has 76 valence electrons. The molecule has 0 saturated heterocycles. The van der Waals surface area contributed by atoms with Crippen LogP contribution in [0.25, 0.3) is 0 Å². The van der Waals surface area contributed by atoms with Crippen LogP contribution in [0.2, 0.25) is 0 Å². The number of anilines is 1. The number of hydrogen-bond donors (Lipinski definition) is 1. The van der Waals surface area contributed by atoms with Gasteiger partial charge in [0.05, 0.1) is 0 Å². The van der Waals surface area contributed by atoms with E-state index in [4.69, 9.17) is 0 Å². The average Bonchev–Trinajstić information content (AvgIpc) is 2.18. The van der Waals surface area contributed by atoms with Gasteiger partial charge in [-0.1, -0.05) is 20.8 Å². The maximum Gasteiger partial charge on any atom is 0.225 e. The maximum absolute atomic E-state index is 11.1. The molecule has 0 bridgehead atoms. The van der Waals surface area contributed by atoms with Crippen molar-refractivity contribution in [3.8, 4) is 0 Å². The summed E-state index contributed by atoms with van der Waals surface area (Å²) in [4.78, 5) is 15.2. The van der Waals surface area contributed by atoms with E-state index in [1.54, 1.807) is 6.20 Å². The Morgan fingerprint density at radius 2 is 2.29 bits per heavy atom. The van der Waals surface area contributed by atoms with Crippen molar-refractivity contribution in [2.75, 3.05) is 5.32 Å². The Labute approximate surface area is 84.6 Å². The van der Waals surface area contributed by atoms with Gasteiger partial charge in [0.2, 0.25) is 5.91 Å². The number of nitrogens with zero attached hydrogens (tertiary/aromatic N) is 1. The standard InChI is InChI=1S/C11H16N2O/c1-4-11(14)13-10-7-9(8(2)3)5-6-12-10/h5-8H,4H2,1-3H3,(H,12,13,14). The topological polar surface area (TPSA) is 42.0 Å². The molecule has 1 amide bonds. The summed E-state index contributed by atoms with van der Waals surface area (Å²) in [7, 11) is 0. The highest BCUT2D eigenvalue weighted by molar-refractivity contribution is 5.89. The van der Waals surface area contributed by atoms with Crippen molar-refractivity contribution in [1.29, 1.82) is 0 Å². The van der Waals surface area contributed by atoms with Gasteiger partial charge >= 0.3 is 0 Å². The van der Waals surface area contributed by atoms with Crippen LogP contribution in [0.3, 0.4) is 0 Å². The SMILES string of the molecule is CCC(=O)Nc1cc(C(C)C)ccn1. The molecule has 0 aromatic carbocycles. The Morgan fingerprint density at radius 1 is 1.57 bits per heavy atom. The van der Waals surface area contributed by atoms with Gasteiger partial charge in [-0.25, -0.2) is 4.98 Å². The van der Waals surface area contributed by atoms with E-state index < -0.39 is 0 Å². The fourth-order valence-electron chi connectivity index (χ4n) is 1.11. The van der Waals surface area contributed by atoms with E-state index in [1.807, 2.05) is 19.1 Å². The van der Waals surface area contributed by atoms with E-state index in [-0.39, 0.29) is 5.91 Å². The van der Waals surface area contributed by atoms with Crippen molar-refractivity contribution in [3.05, 3.63) is 23.9 Å². The Kier molecular flexibility index (Phi) is 3.63. The Bertz CT molecular complexity index is 321. The van der Waals surface area contributed by atoms with Crippen LogP contribution in [0.5, 0.6) is 0 Å². The molecule has 3 nitrogen and oxygen atoms in total. The molecule has 0 spiro atoms. The molecule has 0 aliphatic heterocycles. The number of pyridine rings is 1. The molecule has 0 fully saturated rings.